The molecular formula is C15H23N3. The summed E-state index contributed by atoms with van der Waals surface area (Å²) < 4.78 is 0. The van der Waals surface area contributed by atoms with Gasteiger partial charge in [0, 0.05) is 45.0 Å². The van der Waals surface area contributed by atoms with Crippen molar-refractivity contribution in [3.63, 3.8) is 0 Å². The zero-order valence-electron chi connectivity index (χ0n) is 11.0. The molecule has 1 aromatic rings. The number of nitrogens with zero attached hydrogens (tertiary/aromatic N) is 2. The minimum atomic E-state index is 0.929. The monoisotopic (exact) mass is 245 g/mol. The highest BCUT2D eigenvalue weighted by Gasteiger charge is 2.26. The Morgan fingerprint density at radius 3 is 2.33 bits per heavy atom. The Labute approximate surface area is 110 Å². The van der Waals surface area contributed by atoms with E-state index in [0.29, 0.717) is 0 Å². The van der Waals surface area contributed by atoms with Crippen molar-refractivity contribution >= 4 is 5.69 Å². The van der Waals surface area contributed by atoms with Gasteiger partial charge in [-0.25, -0.2) is 0 Å². The predicted octanol–water partition coefficient (Wildman–Crippen LogP) is 1.80. The lowest BCUT2D eigenvalue weighted by Gasteiger charge is -2.34. The molecule has 1 aliphatic heterocycles. The molecule has 1 heterocycles. The largest absolute Gasteiger partial charge is 0.398 e. The standard InChI is InChI=1S/C15H23N3/c16-15-4-2-1-3-14(15)12-18-9-7-17(8-10-18)11-13-5-6-13/h1-4,13H,5-12,16H2. The highest BCUT2D eigenvalue weighted by atomic mass is 15.3. The average Bonchev–Trinajstić information content (AvgIpc) is 3.19. The molecule has 0 amide bonds. The molecule has 0 radical (unpaired) electrons. The van der Waals surface area contributed by atoms with Crippen LogP contribution in [-0.4, -0.2) is 42.5 Å². The second kappa shape index (κ2) is 5.29. The van der Waals surface area contributed by atoms with E-state index in [1.165, 1.54) is 51.1 Å². The number of piperazine rings is 1. The highest BCUT2D eigenvalue weighted by Crippen LogP contribution is 2.30. The van der Waals surface area contributed by atoms with Crippen LogP contribution in [-0.2, 0) is 6.54 Å². The summed E-state index contributed by atoms with van der Waals surface area (Å²) in [5.41, 5.74) is 8.20. The van der Waals surface area contributed by atoms with E-state index in [1.807, 2.05) is 12.1 Å². The Kier molecular flexibility index (Phi) is 3.52. The van der Waals surface area contributed by atoms with Gasteiger partial charge < -0.3 is 10.6 Å². The molecule has 18 heavy (non-hydrogen) atoms. The zero-order valence-corrected chi connectivity index (χ0v) is 11.0. The van der Waals surface area contributed by atoms with Crippen molar-refractivity contribution in [2.45, 2.75) is 19.4 Å². The molecule has 0 unspecified atom stereocenters. The van der Waals surface area contributed by atoms with Gasteiger partial charge in [0.15, 0.2) is 0 Å². The van der Waals surface area contributed by atoms with Crippen LogP contribution in [0.25, 0.3) is 0 Å². The Morgan fingerprint density at radius 1 is 1.00 bits per heavy atom. The number of para-hydroxylation sites is 1. The summed E-state index contributed by atoms with van der Waals surface area (Å²) in [6, 6.07) is 8.23. The number of nitrogens with two attached hydrogens (primary N) is 1. The molecule has 1 saturated carbocycles. The van der Waals surface area contributed by atoms with Crippen LogP contribution in [0.3, 0.4) is 0 Å². The first-order valence-electron chi connectivity index (χ1n) is 7.09. The third kappa shape index (κ3) is 3.03. The molecule has 2 N–H and O–H groups in total. The quantitative estimate of drug-likeness (QED) is 0.821. The minimum Gasteiger partial charge on any atom is -0.398 e. The minimum absolute atomic E-state index is 0.929. The van der Waals surface area contributed by atoms with Gasteiger partial charge in [0.25, 0.3) is 0 Å². The first kappa shape index (κ1) is 12.0. The molecule has 2 aliphatic rings. The molecule has 0 spiro atoms. The van der Waals surface area contributed by atoms with Gasteiger partial charge in [-0.05, 0) is 30.4 Å². The van der Waals surface area contributed by atoms with Gasteiger partial charge in [0.2, 0.25) is 0 Å². The SMILES string of the molecule is Nc1ccccc1CN1CCN(CC2CC2)CC1. The second-order valence-corrected chi connectivity index (χ2v) is 5.72. The molecule has 0 atom stereocenters. The number of anilines is 1. The van der Waals surface area contributed by atoms with E-state index >= 15 is 0 Å². The van der Waals surface area contributed by atoms with Crippen molar-refractivity contribution in [2.24, 2.45) is 5.92 Å². The van der Waals surface area contributed by atoms with Crippen LogP contribution in [0.1, 0.15) is 18.4 Å². The average molecular weight is 245 g/mol. The van der Waals surface area contributed by atoms with Crippen LogP contribution in [0, 0.1) is 5.92 Å². The van der Waals surface area contributed by atoms with Gasteiger partial charge in [-0.2, -0.15) is 0 Å². The summed E-state index contributed by atoms with van der Waals surface area (Å²) in [4.78, 5) is 5.15. The molecule has 98 valence electrons. The third-order valence-electron chi connectivity index (χ3n) is 4.13. The Balaban J connectivity index is 1.49. The molecule has 3 nitrogen and oxygen atoms in total. The van der Waals surface area contributed by atoms with Gasteiger partial charge in [0.05, 0.1) is 0 Å². The van der Waals surface area contributed by atoms with E-state index in [0.717, 1.165) is 18.2 Å². The fourth-order valence-electron chi connectivity index (χ4n) is 2.71. The first-order valence-corrected chi connectivity index (χ1v) is 7.09. The molecule has 0 aromatic heterocycles. The topological polar surface area (TPSA) is 32.5 Å². The lowest BCUT2D eigenvalue weighted by Crippen LogP contribution is -2.46. The number of rotatable bonds is 4. The summed E-state index contributed by atoms with van der Waals surface area (Å²) >= 11 is 0. The van der Waals surface area contributed by atoms with Crippen molar-refractivity contribution in [3.8, 4) is 0 Å². The lowest BCUT2D eigenvalue weighted by atomic mass is 10.1. The summed E-state index contributed by atoms with van der Waals surface area (Å²) in [5, 5.41) is 0. The normalized spacial score (nSPS) is 22.2. The van der Waals surface area contributed by atoms with Crippen molar-refractivity contribution in [2.75, 3.05) is 38.5 Å². The lowest BCUT2D eigenvalue weighted by molar-refractivity contribution is 0.123. The maximum Gasteiger partial charge on any atom is 0.0359 e. The van der Waals surface area contributed by atoms with Crippen molar-refractivity contribution < 1.29 is 0 Å². The molecule has 2 fully saturated rings. The first-order chi connectivity index (χ1) is 8.81. The number of hydrogen-bond acceptors (Lipinski definition) is 3. The summed E-state index contributed by atoms with van der Waals surface area (Å²) in [5.74, 6) is 1.02. The van der Waals surface area contributed by atoms with Crippen LogP contribution in [0.2, 0.25) is 0 Å². The van der Waals surface area contributed by atoms with Crippen molar-refractivity contribution in [1.82, 2.24) is 9.80 Å². The fraction of sp³-hybridized carbons (Fsp3) is 0.600. The van der Waals surface area contributed by atoms with Crippen LogP contribution in [0.4, 0.5) is 5.69 Å². The van der Waals surface area contributed by atoms with Crippen LogP contribution in [0.5, 0.6) is 0 Å². The third-order valence-corrected chi connectivity index (χ3v) is 4.13. The summed E-state index contributed by atoms with van der Waals surface area (Å²) in [6.07, 6.45) is 2.92. The molecule has 1 aromatic carbocycles. The van der Waals surface area contributed by atoms with Gasteiger partial charge >= 0.3 is 0 Å². The summed E-state index contributed by atoms with van der Waals surface area (Å²) in [6.45, 7) is 7.15. The van der Waals surface area contributed by atoms with E-state index in [9.17, 15) is 0 Å². The summed E-state index contributed by atoms with van der Waals surface area (Å²) in [7, 11) is 0. The maximum atomic E-state index is 6.00. The molecule has 1 aliphatic carbocycles. The molecule has 0 bridgehead atoms. The second-order valence-electron chi connectivity index (χ2n) is 5.72. The Hall–Kier alpha value is -1.06. The van der Waals surface area contributed by atoms with Gasteiger partial charge in [-0.15, -0.1) is 0 Å². The molecular weight excluding hydrogens is 222 g/mol. The van der Waals surface area contributed by atoms with E-state index in [2.05, 4.69) is 21.9 Å². The molecule has 3 rings (SSSR count). The highest BCUT2D eigenvalue weighted by molar-refractivity contribution is 5.46. The smallest absolute Gasteiger partial charge is 0.0359 e. The maximum absolute atomic E-state index is 6.00. The fourth-order valence-corrected chi connectivity index (χ4v) is 2.71. The number of hydrogen-bond donors (Lipinski definition) is 1. The molecule has 1 saturated heterocycles. The van der Waals surface area contributed by atoms with Gasteiger partial charge in [-0.1, -0.05) is 18.2 Å². The van der Waals surface area contributed by atoms with E-state index in [-0.39, 0.29) is 0 Å². The van der Waals surface area contributed by atoms with Crippen molar-refractivity contribution in [1.29, 1.82) is 0 Å². The van der Waals surface area contributed by atoms with Crippen LogP contribution < -0.4 is 5.73 Å². The van der Waals surface area contributed by atoms with Crippen LogP contribution >= 0.6 is 0 Å². The number of benzene rings is 1. The number of nitrogen functional groups attached to an aromatic ring is 1. The Morgan fingerprint density at radius 2 is 1.67 bits per heavy atom. The van der Waals surface area contributed by atoms with Crippen LogP contribution in [0.15, 0.2) is 24.3 Å². The predicted molar refractivity (Wildman–Crippen MR) is 75.3 cm³/mol. The van der Waals surface area contributed by atoms with E-state index in [4.69, 9.17) is 5.73 Å². The van der Waals surface area contributed by atoms with Gasteiger partial charge in [-0.3, -0.25) is 4.90 Å². The molecule has 3 heteroatoms. The Bertz CT molecular complexity index is 392. The van der Waals surface area contributed by atoms with E-state index in [1.54, 1.807) is 0 Å². The zero-order chi connectivity index (χ0) is 12.4. The van der Waals surface area contributed by atoms with Crippen molar-refractivity contribution in [3.05, 3.63) is 29.8 Å². The van der Waals surface area contributed by atoms with Gasteiger partial charge in [0.1, 0.15) is 0 Å². The van der Waals surface area contributed by atoms with E-state index < -0.39 is 0 Å².